The number of nitrogens with two attached hydrogens (primary N) is 1. The third-order valence-corrected chi connectivity index (χ3v) is 1.94. The van der Waals surface area contributed by atoms with Crippen molar-refractivity contribution in [1.82, 2.24) is 5.43 Å². The highest BCUT2D eigenvalue weighted by Crippen LogP contribution is 2.14. The van der Waals surface area contributed by atoms with Crippen LogP contribution in [0, 0.1) is 5.82 Å². The molecule has 0 atom stereocenters. The van der Waals surface area contributed by atoms with E-state index >= 15 is 0 Å². The summed E-state index contributed by atoms with van der Waals surface area (Å²) in [6.45, 7) is 0.649. The van der Waals surface area contributed by atoms with Crippen molar-refractivity contribution in [3.8, 4) is 0 Å². The van der Waals surface area contributed by atoms with Gasteiger partial charge in [0, 0.05) is 11.0 Å². The summed E-state index contributed by atoms with van der Waals surface area (Å²) in [6, 6.07) is 4.81. The van der Waals surface area contributed by atoms with Gasteiger partial charge in [0.25, 0.3) is 0 Å². The molecule has 1 aromatic carbocycles. The summed E-state index contributed by atoms with van der Waals surface area (Å²) >= 11 is 3.21. The van der Waals surface area contributed by atoms with Gasteiger partial charge in [-0.2, -0.15) is 0 Å². The van der Waals surface area contributed by atoms with Crippen molar-refractivity contribution >= 4 is 15.9 Å². The molecule has 0 aliphatic carbocycles. The monoisotopic (exact) mass is 232 g/mol. The molecule has 0 saturated heterocycles. The Hall–Kier alpha value is -0.450. The van der Waals surface area contributed by atoms with Crippen LogP contribution in [-0.4, -0.2) is 6.54 Å². The lowest BCUT2D eigenvalue weighted by atomic mass is 10.1. The lowest BCUT2D eigenvalue weighted by Crippen LogP contribution is -2.24. The second-order valence-electron chi connectivity index (χ2n) is 2.48. The summed E-state index contributed by atoms with van der Waals surface area (Å²) in [5.41, 5.74) is 3.45. The lowest BCUT2D eigenvalue weighted by Gasteiger charge is -2.01. The van der Waals surface area contributed by atoms with Crippen molar-refractivity contribution in [1.29, 1.82) is 0 Å². The maximum absolute atomic E-state index is 12.8. The predicted molar refractivity (Wildman–Crippen MR) is 50.0 cm³/mol. The van der Waals surface area contributed by atoms with E-state index in [4.69, 9.17) is 5.84 Å². The summed E-state index contributed by atoms with van der Waals surface area (Å²) in [7, 11) is 0. The molecule has 1 aromatic rings. The quantitative estimate of drug-likeness (QED) is 0.614. The molecule has 3 N–H and O–H groups in total. The van der Waals surface area contributed by atoms with Gasteiger partial charge >= 0.3 is 0 Å². The summed E-state index contributed by atoms with van der Waals surface area (Å²) in [5.74, 6) is 4.87. The molecule has 4 heteroatoms. The molecule has 0 bridgehead atoms. The number of rotatable bonds is 3. The van der Waals surface area contributed by atoms with Crippen molar-refractivity contribution in [3.63, 3.8) is 0 Å². The molecular weight excluding hydrogens is 223 g/mol. The minimum absolute atomic E-state index is 0.226. The largest absolute Gasteiger partial charge is 0.271 e. The fourth-order valence-corrected chi connectivity index (χ4v) is 1.48. The maximum Gasteiger partial charge on any atom is 0.124 e. The number of nitrogens with one attached hydrogen (secondary N) is 1. The van der Waals surface area contributed by atoms with Crippen LogP contribution < -0.4 is 11.3 Å². The molecule has 0 amide bonds. The van der Waals surface area contributed by atoms with E-state index in [1.807, 2.05) is 6.07 Å². The lowest BCUT2D eigenvalue weighted by molar-refractivity contribution is 0.622. The molecule has 0 unspecified atom stereocenters. The zero-order valence-electron chi connectivity index (χ0n) is 6.48. The molecule has 0 aliphatic rings. The van der Waals surface area contributed by atoms with Gasteiger partial charge in [-0.1, -0.05) is 15.9 Å². The highest BCUT2D eigenvalue weighted by atomic mass is 79.9. The molecule has 0 aromatic heterocycles. The van der Waals surface area contributed by atoms with Gasteiger partial charge in [-0.05, 0) is 30.2 Å². The Morgan fingerprint density at radius 3 is 2.75 bits per heavy atom. The van der Waals surface area contributed by atoms with Crippen LogP contribution in [0.15, 0.2) is 22.7 Å². The van der Waals surface area contributed by atoms with Crippen LogP contribution in [0.4, 0.5) is 4.39 Å². The van der Waals surface area contributed by atoms with Crippen molar-refractivity contribution in [2.45, 2.75) is 6.42 Å². The molecule has 0 aliphatic heterocycles. The van der Waals surface area contributed by atoms with Crippen LogP contribution in [0.5, 0.6) is 0 Å². The minimum Gasteiger partial charge on any atom is -0.271 e. The predicted octanol–water partition coefficient (Wildman–Crippen LogP) is 1.59. The Bertz CT molecular complexity index is 245. The van der Waals surface area contributed by atoms with E-state index in [9.17, 15) is 4.39 Å². The van der Waals surface area contributed by atoms with Gasteiger partial charge < -0.3 is 0 Å². The number of hydrogen-bond acceptors (Lipinski definition) is 2. The number of benzene rings is 1. The zero-order chi connectivity index (χ0) is 8.97. The van der Waals surface area contributed by atoms with Gasteiger partial charge in [0.05, 0.1) is 0 Å². The zero-order valence-corrected chi connectivity index (χ0v) is 8.07. The first kappa shape index (κ1) is 9.64. The van der Waals surface area contributed by atoms with Crippen LogP contribution in [0.25, 0.3) is 0 Å². The summed E-state index contributed by atoms with van der Waals surface area (Å²) < 4.78 is 13.5. The summed E-state index contributed by atoms with van der Waals surface area (Å²) in [6.07, 6.45) is 0.729. The van der Waals surface area contributed by atoms with Crippen LogP contribution in [0.3, 0.4) is 0 Å². The molecule has 0 radical (unpaired) electrons. The summed E-state index contributed by atoms with van der Waals surface area (Å²) in [5, 5.41) is 0. The fraction of sp³-hybridized carbons (Fsp3) is 0.250. The third kappa shape index (κ3) is 2.89. The first-order chi connectivity index (χ1) is 5.72. The van der Waals surface area contributed by atoms with Crippen molar-refractivity contribution in [2.75, 3.05) is 6.54 Å². The number of hydrogen-bond donors (Lipinski definition) is 2. The third-order valence-electron chi connectivity index (χ3n) is 1.48. The molecule has 0 heterocycles. The van der Waals surface area contributed by atoms with E-state index in [0.29, 0.717) is 6.54 Å². The normalized spacial score (nSPS) is 10.2. The van der Waals surface area contributed by atoms with Gasteiger partial charge in [0.2, 0.25) is 0 Å². The SMILES string of the molecule is NNCCc1cc(F)cc(Br)c1. The molecular formula is C8H10BrFN2. The van der Waals surface area contributed by atoms with Gasteiger partial charge in [0.1, 0.15) is 5.82 Å². The van der Waals surface area contributed by atoms with Crippen molar-refractivity contribution in [3.05, 3.63) is 34.1 Å². The average Bonchev–Trinajstić information content (AvgIpc) is 1.99. The molecule has 0 spiro atoms. The Morgan fingerprint density at radius 1 is 1.42 bits per heavy atom. The van der Waals surface area contributed by atoms with Gasteiger partial charge in [-0.3, -0.25) is 11.3 Å². The standard InChI is InChI=1S/C8H10BrFN2/c9-7-3-6(1-2-12-11)4-8(10)5-7/h3-5,12H,1-2,11H2. The molecule has 2 nitrogen and oxygen atoms in total. The van der Waals surface area contributed by atoms with Gasteiger partial charge in [-0.25, -0.2) is 4.39 Å². The fourth-order valence-electron chi connectivity index (χ4n) is 0.972. The second-order valence-corrected chi connectivity index (χ2v) is 3.40. The molecule has 0 saturated carbocycles. The topological polar surface area (TPSA) is 38.0 Å². The van der Waals surface area contributed by atoms with E-state index in [0.717, 1.165) is 16.5 Å². The van der Waals surface area contributed by atoms with E-state index in [1.165, 1.54) is 12.1 Å². The average molecular weight is 233 g/mol. The van der Waals surface area contributed by atoms with Crippen LogP contribution in [0.2, 0.25) is 0 Å². The Balaban J connectivity index is 2.72. The molecule has 12 heavy (non-hydrogen) atoms. The second kappa shape index (κ2) is 4.54. The first-order valence-electron chi connectivity index (χ1n) is 3.61. The highest BCUT2D eigenvalue weighted by molar-refractivity contribution is 9.10. The van der Waals surface area contributed by atoms with E-state index < -0.39 is 0 Å². The van der Waals surface area contributed by atoms with Crippen LogP contribution in [-0.2, 0) is 6.42 Å². The molecule has 0 fully saturated rings. The Morgan fingerprint density at radius 2 is 2.17 bits per heavy atom. The molecule has 1 rings (SSSR count). The smallest absolute Gasteiger partial charge is 0.124 e. The molecule has 66 valence electrons. The van der Waals surface area contributed by atoms with Crippen molar-refractivity contribution < 1.29 is 4.39 Å². The highest BCUT2D eigenvalue weighted by Gasteiger charge is 1.97. The van der Waals surface area contributed by atoms with Gasteiger partial charge in [-0.15, -0.1) is 0 Å². The Labute approximate surface area is 79.1 Å². The van der Waals surface area contributed by atoms with Crippen LogP contribution in [0.1, 0.15) is 5.56 Å². The number of hydrazine groups is 1. The van der Waals surface area contributed by atoms with Crippen molar-refractivity contribution in [2.24, 2.45) is 5.84 Å². The minimum atomic E-state index is -0.226. The first-order valence-corrected chi connectivity index (χ1v) is 4.40. The van der Waals surface area contributed by atoms with E-state index in [1.54, 1.807) is 0 Å². The Kier molecular flexibility index (Phi) is 3.65. The van der Waals surface area contributed by atoms with Gasteiger partial charge in [0.15, 0.2) is 0 Å². The van der Waals surface area contributed by atoms with E-state index in [-0.39, 0.29) is 5.82 Å². The maximum atomic E-state index is 12.8. The van der Waals surface area contributed by atoms with Crippen LogP contribution >= 0.6 is 15.9 Å². The summed E-state index contributed by atoms with van der Waals surface area (Å²) in [4.78, 5) is 0. The van der Waals surface area contributed by atoms with E-state index in [2.05, 4.69) is 21.4 Å². The number of halogens is 2.